The molecule has 5 heteroatoms. The van der Waals surface area contributed by atoms with Crippen molar-refractivity contribution in [1.82, 2.24) is 0 Å². The standard InChI is InChI=1S/C34H62O4S/c1-5-7-9-11-13-17-23-33(25-19-15-20-26-33)31(3,29(35)36)39-32(4,30(37)38)34(27-21-16-22-28-34)24-18-14-12-10-8-6-2/h5-28H2,1-4H3,(H,35,36)(H,37,38)/p-2. The van der Waals surface area contributed by atoms with Crippen LogP contribution in [0.4, 0.5) is 0 Å². The van der Waals surface area contributed by atoms with Crippen molar-refractivity contribution in [2.45, 2.75) is 191 Å². The third-order valence-electron chi connectivity index (χ3n) is 10.9. The summed E-state index contributed by atoms with van der Waals surface area (Å²) in [5, 5.41) is 26.4. The molecule has 0 heterocycles. The summed E-state index contributed by atoms with van der Waals surface area (Å²) < 4.78 is -2.51. The highest BCUT2D eigenvalue weighted by Crippen LogP contribution is 2.63. The number of carboxylic acids is 2. The van der Waals surface area contributed by atoms with E-state index < -0.39 is 32.3 Å². The Morgan fingerprint density at radius 2 is 0.872 bits per heavy atom. The van der Waals surface area contributed by atoms with Crippen LogP contribution in [0.1, 0.15) is 182 Å². The van der Waals surface area contributed by atoms with Gasteiger partial charge in [0.25, 0.3) is 0 Å². The van der Waals surface area contributed by atoms with Crippen LogP contribution < -0.4 is 10.2 Å². The molecule has 0 aromatic heterocycles. The SMILES string of the molecule is CCCCCCCCC1(C(C)(SC(C)(C(=O)[O-])C2(CCCCCCCC)CCCCC2)C(=O)[O-])CCCCC1. The highest BCUT2D eigenvalue weighted by molar-refractivity contribution is 8.03. The average Bonchev–Trinajstić information content (AvgIpc) is 2.93. The summed E-state index contributed by atoms with van der Waals surface area (Å²) in [6.45, 7) is 8.11. The van der Waals surface area contributed by atoms with Gasteiger partial charge < -0.3 is 19.8 Å². The number of carbonyl (C=O) groups is 2. The first-order valence-corrected chi connectivity index (χ1v) is 17.6. The monoisotopic (exact) mass is 564 g/mol. The summed E-state index contributed by atoms with van der Waals surface area (Å²) in [6, 6.07) is 0. The lowest BCUT2D eigenvalue weighted by molar-refractivity contribution is -0.313. The highest BCUT2D eigenvalue weighted by atomic mass is 32.2. The highest BCUT2D eigenvalue weighted by Gasteiger charge is 2.58. The van der Waals surface area contributed by atoms with Crippen LogP contribution in [0, 0.1) is 10.8 Å². The summed E-state index contributed by atoms with van der Waals surface area (Å²) in [7, 11) is 0. The van der Waals surface area contributed by atoms with Crippen molar-refractivity contribution < 1.29 is 19.8 Å². The van der Waals surface area contributed by atoms with Crippen molar-refractivity contribution in [3.8, 4) is 0 Å². The number of unbranched alkanes of at least 4 members (excludes halogenated alkanes) is 10. The lowest BCUT2D eigenvalue weighted by atomic mass is 9.62. The van der Waals surface area contributed by atoms with E-state index in [9.17, 15) is 19.8 Å². The molecule has 39 heavy (non-hydrogen) atoms. The topological polar surface area (TPSA) is 80.3 Å². The largest absolute Gasteiger partial charge is 0.549 e. The summed E-state index contributed by atoms with van der Waals surface area (Å²) >= 11 is 1.24. The molecule has 2 saturated carbocycles. The first-order valence-electron chi connectivity index (χ1n) is 16.8. The first-order chi connectivity index (χ1) is 18.6. The summed E-state index contributed by atoms with van der Waals surface area (Å²) in [4.78, 5) is 26.4. The number of hydrogen-bond acceptors (Lipinski definition) is 5. The van der Waals surface area contributed by atoms with Gasteiger partial charge in [-0.1, -0.05) is 129 Å². The van der Waals surface area contributed by atoms with Gasteiger partial charge in [0.1, 0.15) is 0 Å². The molecule has 0 aromatic rings. The van der Waals surface area contributed by atoms with Crippen molar-refractivity contribution in [3.63, 3.8) is 0 Å². The lowest BCUT2D eigenvalue weighted by Crippen LogP contribution is -2.64. The zero-order chi connectivity index (χ0) is 28.8. The van der Waals surface area contributed by atoms with Gasteiger partial charge in [0.05, 0.1) is 21.4 Å². The fourth-order valence-electron chi connectivity index (χ4n) is 8.02. The second kappa shape index (κ2) is 16.7. The minimum Gasteiger partial charge on any atom is -0.549 e. The Hall–Kier alpha value is -0.710. The molecular formula is C34H60O4S-2. The van der Waals surface area contributed by atoms with Gasteiger partial charge in [-0.25, -0.2) is 0 Å². The molecule has 0 aliphatic heterocycles. The molecule has 2 rings (SSSR count). The van der Waals surface area contributed by atoms with E-state index in [2.05, 4.69) is 13.8 Å². The predicted molar refractivity (Wildman–Crippen MR) is 161 cm³/mol. The molecule has 0 spiro atoms. The molecule has 0 bridgehead atoms. The molecule has 0 radical (unpaired) electrons. The number of carboxylic acid groups (broad SMARTS) is 2. The van der Waals surface area contributed by atoms with E-state index >= 15 is 0 Å². The smallest absolute Gasteiger partial charge is 0.0591 e. The van der Waals surface area contributed by atoms with E-state index in [0.717, 1.165) is 103 Å². The normalized spacial score (nSPS) is 22.1. The van der Waals surface area contributed by atoms with Crippen molar-refractivity contribution in [3.05, 3.63) is 0 Å². The van der Waals surface area contributed by atoms with Gasteiger partial charge in [-0.3, -0.25) is 0 Å². The quantitative estimate of drug-likeness (QED) is 0.139. The van der Waals surface area contributed by atoms with Crippen LogP contribution >= 0.6 is 11.8 Å². The van der Waals surface area contributed by atoms with E-state index in [1.807, 2.05) is 13.8 Å². The van der Waals surface area contributed by atoms with Crippen LogP contribution in [0.15, 0.2) is 0 Å². The Labute approximate surface area is 245 Å². The van der Waals surface area contributed by atoms with E-state index in [4.69, 9.17) is 0 Å². The van der Waals surface area contributed by atoms with Crippen LogP contribution in [0.5, 0.6) is 0 Å². The predicted octanol–water partition coefficient (Wildman–Crippen LogP) is 8.14. The van der Waals surface area contributed by atoms with Gasteiger partial charge in [-0.05, 0) is 63.2 Å². The van der Waals surface area contributed by atoms with Gasteiger partial charge >= 0.3 is 0 Å². The molecule has 0 N–H and O–H groups in total. The average molecular weight is 565 g/mol. The van der Waals surface area contributed by atoms with E-state index in [1.54, 1.807) is 0 Å². The van der Waals surface area contributed by atoms with Crippen LogP contribution in [-0.4, -0.2) is 21.4 Å². The van der Waals surface area contributed by atoms with Crippen molar-refractivity contribution in [1.29, 1.82) is 0 Å². The van der Waals surface area contributed by atoms with Crippen molar-refractivity contribution >= 4 is 23.7 Å². The van der Waals surface area contributed by atoms with E-state index in [1.165, 1.54) is 63.1 Å². The molecule has 0 saturated heterocycles. The summed E-state index contributed by atoms with van der Waals surface area (Å²) in [5.74, 6) is -2.14. The fourth-order valence-corrected chi connectivity index (χ4v) is 10.0. The molecule has 2 unspecified atom stereocenters. The maximum atomic E-state index is 13.2. The van der Waals surface area contributed by atoms with Gasteiger partial charge in [-0.15, -0.1) is 11.8 Å². The Morgan fingerprint density at radius 3 is 1.18 bits per heavy atom. The van der Waals surface area contributed by atoms with E-state index in [0.29, 0.717) is 0 Å². The Morgan fingerprint density at radius 1 is 0.564 bits per heavy atom. The second-order valence-corrected chi connectivity index (χ2v) is 15.3. The zero-order valence-corrected chi connectivity index (χ0v) is 26.8. The Kier molecular flexibility index (Phi) is 14.7. The molecular weight excluding hydrogens is 504 g/mol. The van der Waals surface area contributed by atoms with E-state index in [-0.39, 0.29) is 0 Å². The lowest BCUT2D eigenvalue weighted by Gasteiger charge is -2.59. The molecule has 2 fully saturated rings. The van der Waals surface area contributed by atoms with Crippen LogP contribution in [0.25, 0.3) is 0 Å². The van der Waals surface area contributed by atoms with Gasteiger partial charge in [0.2, 0.25) is 0 Å². The molecule has 0 aromatic carbocycles. The molecule has 0 amide bonds. The zero-order valence-electron chi connectivity index (χ0n) is 26.0. The van der Waals surface area contributed by atoms with Gasteiger partial charge in [0, 0.05) is 0 Å². The van der Waals surface area contributed by atoms with Crippen LogP contribution in [0.2, 0.25) is 0 Å². The maximum absolute atomic E-state index is 13.2. The van der Waals surface area contributed by atoms with Crippen LogP contribution in [0.3, 0.4) is 0 Å². The fraction of sp³-hybridized carbons (Fsp3) is 0.941. The molecule has 2 aliphatic rings. The number of hydrogen-bond donors (Lipinski definition) is 0. The second-order valence-electron chi connectivity index (χ2n) is 13.5. The number of carbonyl (C=O) groups excluding carboxylic acids is 2. The van der Waals surface area contributed by atoms with Crippen LogP contribution in [-0.2, 0) is 9.59 Å². The minimum atomic E-state index is -1.25. The number of rotatable bonds is 20. The maximum Gasteiger partial charge on any atom is 0.0591 e. The molecule has 2 atom stereocenters. The minimum absolute atomic E-state index is 0.424. The first kappa shape index (κ1) is 34.5. The molecule has 228 valence electrons. The Bertz CT molecular complexity index is 665. The molecule has 4 nitrogen and oxygen atoms in total. The van der Waals surface area contributed by atoms with Crippen molar-refractivity contribution in [2.75, 3.05) is 0 Å². The van der Waals surface area contributed by atoms with Crippen molar-refractivity contribution in [2.24, 2.45) is 10.8 Å². The third kappa shape index (κ3) is 8.65. The van der Waals surface area contributed by atoms with Gasteiger partial charge in [0.15, 0.2) is 0 Å². The molecule has 2 aliphatic carbocycles. The summed E-state index contributed by atoms with van der Waals surface area (Å²) in [5.41, 5.74) is -0.849. The Balaban J connectivity index is 2.35. The number of aliphatic carboxylic acids is 2. The summed E-state index contributed by atoms with van der Waals surface area (Å²) in [6.07, 6.45) is 25.5. The number of thioether (sulfide) groups is 1. The third-order valence-corrected chi connectivity index (χ3v) is 12.9. The van der Waals surface area contributed by atoms with Gasteiger partial charge in [-0.2, -0.15) is 0 Å².